The maximum atomic E-state index is 6.62. The molecule has 0 atom stereocenters. The van der Waals surface area contributed by atoms with Crippen molar-refractivity contribution in [1.29, 1.82) is 0 Å². The number of rotatable bonds is 3. The fraction of sp³-hybridized carbons (Fsp3) is 0.625. The maximum absolute atomic E-state index is 6.62. The Morgan fingerprint density at radius 3 is 2.53 bits per heavy atom. The standard InChI is InChI=1S/C16H25N/c1-3-13-8-10-16(17,11-9-13)15-7-5-6-14(4-2)12-15/h5-7,12-13H,3-4,8-11,17H2,1-2H3. The van der Waals surface area contributed by atoms with Gasteiger partial charge in [-0.15, -0.1) is 0 Å². The number of hydrogen-bond acceptors (Lipinski definition) is 1. The molecule has 1 aromatic rings. The smallest absolute Gasteiger partial charge is 0.0409 e. The average molecular weight is 231 g/mol. The van der Waals surface area contributed by atoms with Crippen molar-refractivity contribution in [3.8, 4) is 0 Å². The molecule has 1 heteroatoms. The van der Waals surface area contributed by atoms with E-state index in [1.165, 1.54) is 30.4 Å². The Morgan fingerprint density at radius 2 is 1.94 bits per heavy atom. The molecule has 0 bridgehead atoms. The van der Waals surface area contributed by atoms with Crippen molar-refractivity contribution < 1.29 is 0 Å². The Bertz CT molecular complexity index is 362. The highest BCUT2D eigenvalue weighted by molar-refractivity contribution is 5.29. The molecule has 1 aliphatic carbocycles. The highest BCUT2D eigenvalue weighted by atomic mass is 14.7. The van der Waals surface area contributed by atoms with Crippen LogP contribution in [0.3, 0.4) is 0 Å². The molecular formula is C16H25N. The predicted octanol–water partition coefficient (Wildman–Crippen LogP) is 4.00. The fourth-order valence-corrected chi connectivity index (χ4v) is 2.99. The number of aryl methyl sites for hydroxylation is 1. The molecule has 0 unspecified atom stereocenters. The van der Waals surface area contributed by atoms with Crippen LogP contribution in [0.4, 0.5) is 0 Å². The van der Waals surface area contributed by atoms with Crippen LogP contribution in [-0.2, 0) is 12.0 Å². The molecule has 1 aromatic carbocycles. The zero-order chi connectivity index (χ0) is 12.3. The summed E-state index contributed by atoms with van der Waals surface area (Å²) in [5.41, 5.74) is 9.32. The zero-order valence-electron chi connectivity index (χ0n) is 11.2. The number of nitrogens with two attached hydrogens (primary N) is 1. The van der Waals surface area contributed by atoms with Crippen molar-refractivity contribution in [3.63, 3.8) is 0 Å². The van der Waals surface area contributed by atoms with Crippen LogP contribution in [0.1, 0.15) is 57.1 Å². The van der Waals surface area contributed by atoms with Crippen LogP contribution in [0.25, 0.3) is 0 Å². The van der Waals surface area contributed by atoms with Crippen LogP contribution in [-0.4, -0.2) is 0 Å². The maximum Gasteiger partial charge on any atom is 0.0409 e. The minimum absolute atomic E-state index is 0.0587. The summed E-state index contributed by atoms with van der Waals surface area (Å²) in [4.78, 5) is 0. The molecule has 0 spiro atoms. The Kier molecular flexibility index (Phi) is 3.88. The van der Waals surface area contributed by atoms with Crippen molar-refractivity contribution >= 4 is 0 Å². The minimum atomic E-state index is -0.0587. The lowest BCUT2D eigenvalue weighted by Gasteiger charge is -2.37. The van der Waals surface area contributed by atoms with Gasteiger partial charge in [0.25, 0.3) is 0 Å². The normalized spacial score (nSPS) is 29.2. The first-order valence-electron chi connectivity index (χ1n) is 7.06. The fourth-order valence-electron chi connectivity index (χ4n) is 2.99. The molecule has 1 saturated carbocycles. The van der Waals surface area contributed by atoms with Gasteiger partial charge in [-0.25, -0.2) is 0 Å². The Morgan fingerprint density at radius 1 is 1.24 bits per heavy atom. The third kappa shape index (κ3) is 2.71. The van der Waals surface area contributed by atoms with Crippen molar-refractivity contribution in [2.45, 2.75) is 57.9 Å². The first kappa shape index (κ1) is 12.6. The van der Waals surface area contributed by atoms with Gasteiger partial charge in [-0.05, 0) is 49.1 Å². The summed E-state index contributed by atoms with van der Waals surface area (Å²) >= 11 is 0. The first-order chi connectivity index (χ1) is 8.18. The molecule has 0 aromatic heterocycles. The minimum Gasteiger partial charge on any atom is -0.321 e. The molecule has 0 saturated heterocycles. The summed E-state index contributed by atoms with van der Waals surface area (Å²) in [5.74, 6) is 0.904. The lowest BCUT2D eigenvalue weighted by molar-refractivity contribution is 0.231. The van der Waals surface area contributed by atoms with Gasteiger partial charge >= 0.3 is 0 Å². The quantitative estimate of drug-likeness (QED) is 0.836. The van der Waals surface area contributed by atoms with Crippen LogP contribution in [0.5, 0.6) is 0 Å². The Hall–Kier alpha value is -0.820. The molecule has 0 radical (unpaired) electrons. The van der Waals surface area contributed by atoms with Crippen molar-refractivity contribution in [2.24, 2.45) is 11.7 Å². The van der Waals surface area contributed by atoms with Crippen LogP contribution in [0, 0.1) is 5.92 Å². The van der Waals surface area contributed by atoms with E-state index in [2.05, 4.69) is 38.1 Å². The van der Waals surface area contributed by atoms with E-state index in [1.807, 2.05) is 0 Å². The summed E-state index contributed by atoms with van der Waals surface area (Å²) in [7, 11) is 0. The monoisotopic (exact) mass is 231 g/mol. The van der Waals surface area contributed by atoms with E-state index < -0.39 is 0 Å². The van der Waals surface area contributed by atoms with Gasteiger partial charge in [-0.3, -0.25) is 0 Å². The number of benzene rings is 1. The van der Waals surface area contributed by atoms with Gasteiger partial charge in [0, 0.05) is 5.54 Å². The molecule has 17 heavy (non-hydrogen) atoms. The molecule has 94 valence electrons. The second kappa shape index (κ2) is 5.22. The lowest BCUT2D eigenvalue weighted by atomic mass is 9.72. The van der Waals surface area contributed by atoms with Crippen LogP contribution in [0.15, 0.2) is 24.3 Å². The molecule has 0 amide bonds. The molecule has 0 aliphatic heterocycles. The lowest BCUT2D eigenvalue weighted by Crippen LogP contribution is -2.40. The van der Waals surface area contributed by atoms with E-state index in [0.29, 0.717) is 0 Å². The summed E-state index contributed by atoms with van der Waals surface area (Å²) in [5, 5.41) is 0. The summed E-state index contributed by atoms with van der Waals surface area (Å²) in [6.45, 7) is 4.50. The highest BCUT2D eigenvalue weighted by Crippen LogP contribution is 2.38. The molecule has 2 rings (SSSR count). The van der Waals surface area contributed by atoms with E-state index in [4.69, 9.17) is 5.73 Å². The van der Waals surface area contributed by atoms with Crippen molar-refractivity contribution in [1.82, 2.24) is 0 Å². The molecular weight excluding hydrogens is 206 g/mol. The second-order valence-electron chi connectivity index (χ2n) is 5.56. The summed E-state index contributed by atoms with van der Waals surface area (Å²) in [6.07, 6.45) is 7.30. The van der Waals surface area contributed by atoms with Gasteiger partial charge in [0.1, 0.15) is 0 Å². The molecule has 1 nitrogen and oxygen atoms in total. The van der Waals surface area contributed by atoms with Gasteiger partial charge in [0.05, 0.1) is 0 Å². The second-order valence-corrected chi connectivity index (χ2v) is 5.56. The van der Waals surface area contributed by atoms with E-state index in [-0.39, 0.29) is 5.54 Å². The van der Waals surface area contributed by atoms with Crippen molar-refractivity contribution in [3.05, 3.63) is 35.4 Å². The van der Waals surface area contributed by atoms with Gasteiger partial charge in [-0.1, -0.05) is 44.5 Å². The van der Waals surface area contributed by atoms with Gasteiger partial charge in [-0.2, -0.15) is 0 Å². The third-order valence-corrected chi connectivity index (χ3v) is 4.48. The van der Waals surface area contributed by atoms with Gasteiger partial charge in [0.2, 0.25) is 0 Å². The van der Waals surface area contributed by atoms with E-state index >= 15 is 0 Å². The van der Waals surface area contributed by atoms with E-state index in [9.17, 15) is 0 Å². The van der Waals surface area contributed by atoms with E-state index in [1.54, 1.807) is 0 Å². The zero-order valence-corrected chi connectivity index (χ0v) is 11.2. The molecule has 1 fully saturated rings. The predicted molar refractivity (Wildman–Crippen MR) is 73.9 cm³/mol. The highest BCUT2D eigenvalue weighted by Gasteiger charge is 2.32. The van der Waals surface area contributed by atoms with Gasteiger partial charge < -0.3 is 5.73 Å². The Labute approximate surface area is 105 Å². The SMILES string of the molecule is CCc1cccc(C2(N)CCC(CC)CC2)c1. The summed E-state index contributed by atoms with van der Waals surface area (Å²) < 4.78 is 0. The van der Waals surface area contributed by atoms with E-state index in [0.717, 1.165) is 25.2 Å². The van der Waals surface area contributed by atoms with Gasteiger partial charge in [0.15, 0.2) is 0 Å². The first-order valence-corrected chi connectivity index (χ1v) is 7.06. The van der Waals surface area contributed by atoms with Crippen molar-refractivity contribution in [2.75, 3.05) is 0 Å². The average Bonchev–Trinajstić information content (AvgIpc) is 2.40. The van der Waals surface area contributed by atoms with Crippen LogP contribution < -0.4 is 5.73 Å². The largest absolute Gasteiger partial charge is 0.321 e. The third-order valence-electron chi connectivity index (χ3n) is 4.48. The van der Waals surface area contributed by atoms with Crippen LogP contribution in [0.2, 0.25) is 0 Å². The number of hydrogen-bond donors (Lipinski definition) is 1. The van der Waals surface area contributed by atoms with Crippen LogP contribution >= 0.6 is 0 Å². The molecule has 2 N–H and O–H groups in total. The Balaban J connectivity index is 2.15. The summed E-state index contributed by atoms with van der Waals surface area (Å²) in [6, 6.07) is 8.89. The molecule has 1 aliphatic rings. The topological polar surface area (TPSA) is 26.0 Å². The molecule has 0 heterocycles.